The smallest absolute Gasteiger partial charge is 0.141 e. The summed E-state index contributed by atoms with van der Waals surface area (Å²) in [6.45, 7) is 3.49. The first kappa shape index (κ1) is 7.79. The molecule has 2 nitrogen and oxygen atoms in total. The van der Waals surface area contributed by atoms with E-state index in [2.05, 4.69) is 6.58 Å². The van der Waals surface area contributed by atoms with Crippen molar-refractivity contribution in [1.29, 1.82) is 0 Å². The monoisotopic (exact) mass is 150 g/mol. The first-order chi connectivity index (χ1) is 5.33. The van der Waals surface area contributed by atoms with Gasteiger partial charge in [0.1, 0.15) is 5.78 Å². The minimum Gasteiger partial charge on any atom is -0.472 e. The fourth-order valence-corrected chi connectivity index (χ4v) is 0.854. The number of allylic oxidation sites excluding steroid dienone is 1. The van der Waals surface area contributed by atoms with Crippen molar-refractivity contribution in [2.45, 2.75) is 12.8 Å². The van der Waals surface area contributed by atoms with Crippen LogP contribution in [-0.4, -0.2) is 5.78 Å². The SMILES string of the molecule is C=CCC(=O)Cc1ccoc1. The molecule has 0 saturated heterocycles. The topological polar surface area (TPSA) is 30.2 Å². The summed E-state index contributed by atoms with van der Waals surface area (Å²) in [4.78, 5) is 11.0. The molecule has 0 unspecified atom stereocenters. The van der Waals surface area contributed by atoms with Crippen LogP contribution in [0.3, 0.4) is 0 Å². The van der Waals surface area contributed by atoms with Crippen molar-refractivity contribution < 1.29 is 9.21 Å². The molecule has 0 amide bonds. The van der Waals surface area contributed by atoms with Gasteiger partial charge in [-0.05, 0) is 11.6 Å². The molecule has 0 bridgehead atoms. The molecule has 0 aromatic carbocycles. The summed E-state index contributed by atoms with van der Waals surface area (Å²) < 4.78 is 4.82. The number of ketones is 1. The molecule has 0 fully saturated rings. The lowest BCUT2D eigenvalue weighted by atomic mass is 10.1. The van der Waals surface area contributed by atoms with Gasteiger partial charge in [0, 0.05) is 12.8 Å². The molecule has 0 N–H and O–H groups in total. The summed E-state index contributed by atoms with van der Waals surface area (Å²) in [5.41, 5.74) is 0.928. The minimum atomic E-state index is 0.168. The third-order valence-electron chi connectivity index (χ3n) is 1.35. The molecule has 1 aromatic rings. The third-order valence-corrected chi connectivity index (χ3v) is 1.35. The van der Waals surface area contributed by atoms with Gasteiger partial charge in [-0.25, -0.2) is 0 Å². The van der Waals surface area contributed by atoms with Crippen molar-refractivity contribution in [3.05, 3.63) is 36.8 Å². The highest BCUT2D eigenvalue weighted by Gasteiger charge is 2.01. The molecule has 58 valence electrons. The van der Waals surface area contributed by atoms with Gasteiger partial charge < -0.3 is 4.42 Å². The van der Waals surface area contributed by atoms with Crippen molar-refractivity contribution in [3.63, 3.8) is 0 Å². The summed E-state index contributed by atoms with van der Waals surface area (Å²) in [5, 5.41) is 0. The molecule has 1 heterocycles. The first-order valence-electron chi connectivity index (χ1n) is 3.46. The van der Waals surface area contributed by atoms with Gasteiger partial charge in [-0.1, -0.05) is 6.08 Å². The maximum atomic E-state index is 11.0. The Morgan fingerprint density at radius 3 is 3.09 bits per heavy atom. The van der Waals surface area contributed by atoms with Crippen LogP contribution in [0.5, 0.6) is 0 Å². The Labute approximate surface area is 65.5 Å². The predicted molar refractivity (Wildman–Crippen MR) is 42.2 cm³/mol. The molecule has 2 heteroatoms. The average Bonchev–Trinajstić information content (AvgIpc) is 2.40. The predicted octanol–water partition coefficient (Wildman–Crippen LogP) is 1.97. The van der Waals surface area contributed by atoms with E-state index in [0.29, 0.717) is 12.8 Å². The van der Waals surface area contributed by atoms with Crippen molar-refractivity contribution >= 4 is 5.78 Å². The van der Waals surface area contributed by atoms with Gasteiger partial charge in [0.2, 0.25) is 0 Å². The van der Waals surface area contributed by atoms with Crippen LogP contribution in [0.4, 0.5) is 0 Å². The minimum absolute atomic E-state index is 0.168. The van der Waals surface area contributed by atoms with Gasteiger partial charge >= 0.3 is 0 Å². The van der Waals surface area contributed by atoms with Crippen molar-refractivity contribution in [1.82, 2.24) is 0 Å². The lowest BCUT2D eigenvalue weighted by molar-refractivity contribution is -0.117. The summed E-state index contributed by atoms with van der Waals surface area (Å²) >= 11 is 0. The van der Waals surface area contributed by atoms with Crippen LogP contribution >= 0.6 is 0 Å². The number of furan rings is 1. The van der Waals surface area contributed by atoms with E-state index >= 15 is 0 Å². The van der Waals surface area contributed by atoms with Gasteiger partial charge in [-0.2, -0.15) is 0 Å². The average molecular weight is 150 g/mol. The quantitative estimate of drug-likeness (QED) is 0.614. The zero-order valence-electron chi connectivity index (χ0n) is 6.25. The van der Waals surface area contributed by atoms with Gasteiger partial charge in [0.15, 0.2) is 0 Å². The Hall–Kier alpha value is -1.31. The Kier molecular flexibility index (Phi) is 2.66. The second kappa shape index (κ2) is 3.76. The fraction of sp³-hybridized carbons (Fsp3) is 0.222. The molecule has 0 spiro atoms. The van der Waals surface area contributed by atoms with E-state index in [0.717, 1.165) is 5.56 Å². The van der Waals surface area contributed by atoms with E-state index in [1.807, 2.05) is 0 Å². The molecule has 0 radical (unpaired) electrons. The van der Waals surface area contributed by atoms with E-state index in [1.54, 1.807) is 24.7 Å². The van der Waals surface area contributed by atoms with E-state index in [-0.39, 0.29) is 5.78 Å². The van der Waals surface area contributed by atoms with E-state index in [9.17, 15) is 4.79 Å². The van der Waals surface area contributed by atoms with Gasteiger partial charge in [-0.3, -0.25) is 4.79 Å². The number of Topliss-reactive ketones (excluding diaryl/α,β-unsaturated/α-hetero) is 1. The molecule has 0 aliphatic carbocycles. The molecule has 0 aliphatic rings. The number of carbonyl (C=O) groups is 1. The first-order valence-corrected chi connectivity index (χ1v) is 3.46. The Bertz CT molecular complexity index is 234. The van der Waals surface area contributed by atoms with Gasteiger partial charge in [-0.15, -0.1) is 6.58 Å². The standard InChI is InChI=1S/C9H10O2/c1-2-3-9(10)6-8-4-5-11-7-8/h2,4-5,7H,1,3,6H2. The van der Waals surface area contributed by atoms with Gasteiger partial charge in [0.25, 0.3) is 0 Å². The van der Waals surface area contributed by atoms with Crippen LogP contribution in [0.25, 0.3) is 0 Å². The van der Waals surface area contributed by atoms with Crippen LogP contribution in [0.2, 0.25) is 0 Å². The van der Waals surface area contributed by atoms with Gasteiger partial charge in [0.05, 0.1) is 12.5 Å². The Morgan fingerprint density at radius 2 is 2.55 bits per heavy atom. The van der Waals surface area contributed by atoms with E-state index in [4.69, 9.17) is 4.42 Å². The van der Waals surface area contributed by atoms with Crippen LogP contribution in [0.15, 0.2) is 35.7 Å². The van der Waals surface area contributed by atoms with Crippen molar-refractivity contribution in [2.75, 3.05) is 0 Å². The summed E-state index contributed by atoms with van der Waals surface area (Å²) in [6, 6.07) is 1.79. The lowest BCUT2D eigenvalue weighted by Crippen LogP contribution is -1.98. The molecule has 0 atom stereocenters. The maximum absolute atomic E-state index is 11.0. The molecule has 1 aromatic heterocycles. The Balaban J connectivity index is 2.43. The normalized spacial score (nSPS) is 9.45. The molecule has 0 saturated carbocycles. The number of rotatable bonds is 4. The molecular weight excluding hydrogens is 140 g/mol. The Morgan fingerprint density at radius 1 is 1.73 bits per heavy atom. The number of hydrogen-bond donors (Lipinski definition) is 0. The zero-order valence-corrected chi connectivity index (χ0v) is 6.25. The van der Waals surface area contributed by atoms with Crippen molar-refractivity contribution in [3.8, 4) is 0 Å². The van der Waals surface area contributed by atoms with Crippen LogP contribution < -0.4 is 0 Å². The lowest BCUT2D eigenvalue weighted by Gasteiger charge is -1.91. The van der Waals surface area contributed by atoms with Crippen LogP contribution in [0.1, 0.15) is 12.0 Å². The molecule has 11 heavy (non-hydrogen) atoms. The number of carbonyl (C=O) groups excluding carboxylic acids is 1. The van der Waals surface area contributed by atoms with Crippen LogP contribution in [-0.2, 0) is 11.2 Å². The second-order valence-corrected chi connectivity index (χ2v) is 2.34. The summed E-state index contributed by atoms with van der Waals surface area (Å²) in [6.07, 6.45) is 5.65. The summed E-state index contributed by atoms with van der Waals surface area (Å²) in [5.74, 6) is 0.168. The highest BCUT2D eigenvalue weighted by Crippen LogP contribution is 2.02. The van der Waals surface area contributed by atoms with E-state index < -0.39 is 0 Å². The number of hydrogen-bond acceptors (Lipinski definition) is 2. The molecule has 1 rings (SSSR count). The molecule has 0 aliphatic heterocycles. The van der Waals surface area contributed by atoms with E-state index in [1.165, 1.54) is 0 Å². The maximum Gasteiger partial charge on any atom is 0.141 e. The zero-order chi connectivity index (χ0) is 8.10. The second-order valence-electron chi connectivity index (χ2n) is 2.34. The highest BCUT2D eigenvalue weighted by atomic mass is 16.3. The summed E-state index contributed by atoms with van der Waals surface area (Å²) in [7, 11) is 0. The fourth-order valence-electron chi connectivity index (χ4n) is 0.854. The van der Waals surface area contributed by atoms with Crippen molar-refractivity contribution in [2.24, 2.45) is 0 Å². The highest BCUT2D eigenvalue weighted by molar-refractivity contribution is 5.81. The molecular formula is C9H10O2. The van der Waals surface area contributed by atoms with Crippen LogP contribution in [0, 0.1) is 0 Å². The third kappa shape index (κ3) is 2.42. The largest absolute Gasteiger partial charge is 0.472 e.